The molecule has 2 rings (SSSR count). The van der Waals surface area contributed by atoms with Crippen LogP contribution in [0.15, 0.2) is 0 Å². The molecule has 1 saturated carbocycles. The zero-order valence-corrected chi connectivity index (χ0v) is 8.78. The van der Waals surface area contributed by atoms with Crippen molar-refractivity contribution in [3.05, 3.63) is 6.42 Å². The van der Waals surface area contributed by atoms with Gasteiger partial charge in [-0.25, -0.2) is 0 Å². The van der Waals surface area contributed by atoms with Gasteiger partial charge in [-0.15, -0.1) is 0 Å². The first-order chi connectivity index (χ1) is 6.68. The summed E-state index contributed by atoms with van der Waals surface area (Å²) in [7, 11) is 0. The summed E-state index contributed by atoms with van der Waals surface area (Å²) in [6, 6.07) is 1.19. The molecule has 1 saturated heterocycles. The number of carbonyl (C=O) groups excluding carboxylic acids is 1. The van der Waals surface area contributed by atoms with Crippen molar-refractivity contribution in [3.63, 3.8) is 0 Å². The van der Waals surface area contributed by atoms with Crippen LogP contribution in [-0.4, -0.2) is 29.4 Å². The second-order valence-electron chi connectivity index (χ2n) is 4.60. The fraction of sp³-hybridized carbons (Fsp3) is 0.818. The predicted octanol–water partition coefficient (Wildman–Crippen LogP) is 0.939. The first-order valence-electron chi connectivity index (χ1n) is 5.57. The van der Waals surface area contributed by atoms with E-state index in [2.05, 4.69) is 18.2 Å². The van der Waals surface area contributed by atoms with Gasteiger partial charge in [0, 0.05) is 18.0 Å². The topological polar surface area (TPSA) is 46.3 Å². The van der Waals surface area contributed by atoms with Crippen LogP contribution in [0.1, 0.15) is 32.6 Å². The Morgan fingerprint density at radius 3 is 2.86 bits per heavy atom. The van der Waals surface area contributed by atoms with Crippen molar-refractivity contribution in [3.8, 4) is 0 Å². The zero-order chi connectivity index (χ0) is 10.1. The van der Waals surface area contributed by atoms with Gasteiger partial charge in [-0.1, -0.05) is 0 Å². The molecule has 3 nitrogen and oxygen atoms in total. The summed E-state index contributed by atoms with van der Waals surface area (Å²) in [6.07, 6.45) is 6.69. The molecule has 14 heavy (non-hydrogen) atoms. The van der Waals surface area contributed by atoms with E-state index in [0.29, 0.717) is 12.1 Å². The molecule has 1 aliphatic carbocycles. The molecule has 2 fully saturated rings. The first kappa shape index (κ1) is 9.97. The first-order valence-corrected chi connectivity index (χ1v) is 5.57. The molecule has 2 N–H and O–H groups in total. The molecule has 0 spiro atoms. The maximum absolute atomic E-state index is 11.0. The number of hydrogen-bond donors (Lipinski definition) is 1. The van der Waals surface area contributed by atoms with Gasteiger partial charge < -0.3 is 5.73 Å². The lowest BCUT2D eigenvalue weighted by Crippen LogP contribution is -2.36. The summed E-state index contributed by atoms with van der Waals surface area (Å²) in [5.74, 6) is -0.0385. The van der Waals surface area contributed by atoms with Crippen molar-refractivity contribution in [2.45, 2.75) is 44.7 Å². The summed E-state index contributed by atoms with van der Waals surface area (Å²) in [5, 5.41) is 0. The fourth-order valence-electron chi connectivity index (χ4n) is 2.76. The van der Waals surface area contributed by atoms with E-state index < -0.39 is 0 Å². The molecule has 1 radical (unpaired) electrons. The molecule has 1 aliphatic heterocycles. The Labute approximate surface area is 85.6 Å². The minimum atomic E-state index is -0.129. The van der Waals surface area contributed by atoms with Gasteiger partial charge in [-0.2, -0.15) is 0 Å². The van der Waals surface area contributed by atoms with Gasteiger partial charge >= 0.3 is 0 Å². The van der Waals surface area contributed by atoms with Crippen LogP contribution >= 0.6 is 0 Å². The number of nitrogens with zero attached hydrogens (tertiary/aromatic N) is 1. The van der Waals surface area contributed by atoms with E-state index in [-0.39, 0.29) is 11.8 Å². The second-order valence-corrected chi connectivity index (χ2v) is 4.60. The monoisotopic (exact) mass is 195 g/mol. The van der Waals surface area contributed by atoms with E-state index >= 15 is 0 Å². The van der Waals surface area contributed by atoms with Crippen LogP contribution < -0.4 is 5.73 Å². The highest BCUT2D eigenvalue weighted by Crippen LogP contribution is 2.32. The Morgan fingerprint density at radius 2 is 2.36 bits per heavy atom. The van der Waals surface area contributed by atoms with Crippen molar-refractivity contribution >= 4 is 5.91 Å². The Balaban J connectivity index is 1.91. The Hall–Kier alpha value is -0.570. The second kappa shape index (κ2) is 3.89. The molecule has 3 heteroatoms. The van der Waals surface area contributed by atoms with Gasteiger partial charge in [0.25, 0.3) is 0 Å². The molecule has 0 bridgehead atoms. The number of amides is 1. The van der Waals surface area contributed by atoms with E-state index in [4.69, 9.17) is 5.73 Å². The minimum absolute atomic E-state index is 0.0906. The lowest BCUT2D eigenvalue weighted by atomic mass is 10.1. The van der Waals surface area contributed by atoms with Gasteiger partial charge in [-0.05, 0) is 45.6 Å². The molecular weight excluding hydrogens is 176 g/mol. The average molecular weight is 195 g/mol. The highest BCUT2D eigenvalue weighted by molar-refractivity contribution is 5.77. The third-order valence-corrected chi connectivity index (χ3v) is 3.65. The molecule has 0 aromatic heterocycles. The summed E-state index contributed by atoms with van der Waals surface area (Å²) < 4.78 is 0. The third-order valence-electron chi connectivity index (χ3n) is 3.65. The number of carbonyl (C=O) groups is 1. The van der Waals surface area contributed by atoms with E-state index in [1.54, 1.807) is 0 Å². The maximum Gasteiger partial charge on any atom is 0.220 e. The molecule has 2 aliphatic rings. The van der Waals surface area contributed by atoms with E-state index in [0.717, 1.165) is 12.8 Å². The highest BCUT2D eigenvalue weighted by Gasteiger charge is 2.35. The highest BCUT2D eigenvalue weighted by atomic mass is 16.1. The number of rotatable bonds is 2. The van der Waals surface area contributed by atoms with Gasteiger partial charge in [0.15, 0.2) is 0 Å². The predicted molar refractivity (Wildman–Crippen MR) is 55.4 cm³/mol. The van der Waals surface area contributed by atoms with Crippen molar-refractivity contribution in [1.29, 1.82) is 0 Å². The van der Waals surface area contributed by atoms with E-state index in [1.807, 2.05) is 0 Å². The summed E-state index contributed by atoms with van der Waals surface area (Å²) >= 11 is 0. The summed E-state index contributed by atoms with van der Waals surface area (Å²) in [5.41, 5.74) is 5.32. The largest absolute Gasteiger partial charge is 0.369 e. The van der Waals surface area contributed by atoms with E-state index in [1.165, 1.54) is 19.4 Å². The van der Waals surface area contributed by atoms with Crippen LogP contribution in [0.4, 0.5) is 0 Å². The number of hydrogen-bond acceptors (Lipinski definition) is 2. The van der Waals surface area contributed by atoms with Crippen LogP contribution in [0, 0.1) is 12.3 Å². The van der Waals surface area contributed by atoms with Crippen molar-refractivity contribution in [2.75, 3.05) is 6.54 Å². The smallest absolute Gasteiger partial charge is 0.220 e. The molecule has 1 amide bonds. The van der Waals surface area contributed by atoms with Crippen LogP contribution in [0.25, 0.3) is 0 Å². The number of likely N-dealkylation sites (tertiary alicyclic amines) is 1. The lowest BCUT2D eigenvalue weighted by molar-refractivity contribution is -0.121. The Bertz CT molecular complexity index is 229. The number of primary amides is 1. The fourth-order valence-corrected chi connectivity index (χ4v) is 2.76. The van der Waals surface area contributed by atoms with E-state index in [9.17, 15) is 4.79 Å². The van der Waals surface area contributed by atoms with Gasteiger partial charge in [0.1, 0.15) is 0 Å². The van der Waals surface area contributed by atoms with Gasteiger partial charge in [0.2, 0.25) is 5.91 Å². The van der Waals surface area contributed by atoms with Crippen molar-refractivity contribution in [2.24, 2.45) is 11.7 Å². The van der Waals surface area contributed by atoms with Crippen LogP contribution in [0.5, 0.6) is 0 Å². The maximum atomic E-state index is 11.0. The molecule has 79 valence electrons. The molecule has 1 heterocycles. The van der Waals surface area contributed by atoms with Crippen molar-refractivity contribution in [1.82, 2.24) is 4.90 Å². The third kappa shape index (κ3) is 1.78. The summed E-state index contributed by atoms with van der Waals surface area (Å²) in [4.78, 5) is 13.5. The van der Waals surface area contributed by atoms with Crippen LogP contribution in [0.3, 0.4) is 0 Å². The molecule has 0 aromatic rings. The molecule has 3 atom stereocenters. The molecule has 2 unspecified atom stereocenters. The number of nitrogens with two attached hydrogens (primary N) is 1. The summed E-state index contributed by atoms with van der Waals surface area (Å²) in [6.45, 7) is 3.46. The van der Waals surface area contributed by atoms with Crippen LogP contribution in [-0.2, 0) is 4.79 Å². The SMILES string of the molecule is C[C@H]1CCCN1C1[CH]CC(C(N)=O)C1. The molecular formula is C11H19N2O. The van der Waals surface area contributed by atoms with Gasteiger partial charge in [-0.3, -0.25) is 9.69 Å². The van der Waals surface area contributed by atoms with Gasteiger partial charge in [0.05, 0.1) is 0 Å². The van der Waals surface area contributed by atoms with Crippen molar-refractivity contribution < 1.29 is 4.79 Å². The molecule has 0 aromatic carbocycles. The average Bonchev–Trinajstić information content (AvgIpc) is 2.71. The van der Waals surface area contributed by atoms with Crippen LogP contribution in [0.2, 0.25) is 0 Å². The normalized spacial score (nSPS) is 39.1. The zero-order valence-electron chi connectivity index (χ0n) is 8.78. The lowest BCUT2D eigenvalue weighted by Gasteiger charge is -2.27. The quantitative estimate of drug-likeness (QED) is 0.712. The standard InChI is InChI=1S/C11H19N2O/c1-8-3-2-6-13(8)10-5-4-9(7-10)11(12)14/h5,8-10H,2-4,6-7H2,1H3,(H2,12,14)/t8-,9?,10?/m0/s1. The minimum Gasteiger partial charge on any atom is -0.369 e. The Morgan fingerprint density at radius 1 is 1.57 bits per heavy atom. The Kier molecular flexibility index (Phi) is 2.77.